The first-order valence-electron chi connectivity index (χ1n) is 9.27. The summed E-state index contributed by atoms with van der Waals surface area (Å²) in [6.07, 6.45) is 6.29. The summed E-state index contributed by atoms with van der Waals surface area (Å²) >= 11 is 0. The molecule has 28 heavy (non-hydrogen) atoms. The number of fused-ring (bicyclic) bond motifs is 1. The third kappa shape index (κ3) is 3.56. The third-order valence-corrected chi connectivity index (χ3v) is 5.82. The first kappa shape index (κ1) is 18.7. The maximum Gasteiger partial charge on any atom is 0.253 e. The molecule has 0 saturated heterocycles. The molecular formula is C20H24N4O3S. The topological polar surface area (TPSA) is 86.0 Å². The van der Waals surface area contributed by atoms with Gasteiger partial charge in [0.2, 0.25) is 10.0 Å². The number of benzene rings is 1. The van der Waals surface area contributed by atoms with Crippen LogP contribution in [0, 0.1) is 12.8 Å². The molecule has 7 nitrogen and oxygen atoms in total. The summed E-state index contributed by atoms with van der Waals surface area (Å²) in [5.41, 5.74) is 4.52. The van der Waals surface area contributed by atoms with E-state index in [0.29, 0.717) is 22.7 Å². The maximum atomic E-state index is 12.1. The molecule has 1 aliphatic rings. The number of hydrogen-bond donors (Lipinski definition) is 1. The van der Waals surface area contributed by atoms with Crippen LogP contribution in [0.1, 0.15) is 24.1 Å². The molecule has 1 N–H and O–H groups in total. The second kappa shape index (κ2) is 6.48. The lowest BCUT2D eigenvalue weighted by molar-refractivity contribution is 0.607. The van der Waals surface area contributed by atoms with E-state index in [-0.39, 0.29) is 5.56 Å². The summed E-state index contributed by atoms with van der Waals surface area (Å²) in [5.74, 6) is 0.674. The van der Waals surface area contributed by atoms with Crippen molar-refractivity contribution in [3.63, 3.8) is 0 Å². The Balaban J connectivity index is 1.97. The van der Waals surface area contributed by atoms with Crippen LogP contribution < -0.4 is 10.3 Å². The summed E-state index contributed by atoms with van der Waals surface area (Å²) in [6, 6.07) is 5.67. The minimum atomic E-state index is -3.46. The molecule has 1 aliphatic carbocycles. The van der Waals surface area contributed by atoms with Crippen molar-refractivity contribution in [2.24, 2.45) is 20.0 Å². The van der Waals surface area contributed by atoms with Crippen LogP contribution in [0.15, 0.2) is 29.2 Å². The predicted octanol–water partition coefficient (Wildman–Crippen LogP) is 2.57. The zero-order valence-electron chi connectivity index (χ0n) is 16.5. The molecule has 0 spiro atoms. The highest BCUT2D eigenvalue weighted by Crippen LogP contribution is 2.37. The SMILES string of the molecule is Cc1cc(-c2cc(NS(C)(=O)=O)c3nn(C)c(CC4CC4)c3c2)cn(C)c1=O. The number of rotatable bonds is 5. The third-order valence-electron chi connectivity index (χ3n) is 5.23. The van der Waals surface area contributed by atoms with Crippen molar-refractivity contribution in [3.05, 3.63) is 46.0 Å². The minimum absolute atomic E-state index is 0.0462. The summed E-state index contributed by atoms with van der Waals surface area (Å²) < 4.78 is 29.9. The molecule has 0 amide bonds. The van der Waals surface area contributed by atoms with Gasteiger partial charge in [-0.2, -0.15) is 5.10 Å². The van der Waals surface area contributed by atoms with Crippen molar-refractivity contribution < 1.29 is 8.42 Å². The normalized spacial score (nSPS) is 14.6. The van der Waals surface area contributed by atoms with E-state index in [9.17, 15) is 13.2 Å². The molecule has 148 valence electrons. The number of aromatic nitrogens is 3. The van der Waals surface area contributed by atoms with Gasteiger partial charge in [0.25, 0.3) is 5.56 Å². The van der Waals surface area contributed by atoms with Crippen LogP contribution in [-0.2, 0) is 30.5 Å². The highest BCUT2D eigenvalue weighted by Gasteiger charge is 2.25. The van der Waals surface area contributed by atoms with E-state index in [0.717, 1.165) is 34.9 Å². The van der Waals surface area contributed by atoms with Crippen molar-refractivity contribution >= 4 is 26.6 Å². The second-order valence-electron chi connectivity index (χ2n) is 7.84. The summed E-state index contributed by atoms with van der Waals surface area (Å²) in [7, 11) is 0.159. The number of nitrogens with zero attached hydrogens (tertiary/aromatic N) is 3. The molecule has 1 fully saturated rings. The Morgan fingerprint density at radius 1 is 1.18 bits per heavy atom. The molecule has 1 saturated carbocycles. The first-order valence-corrected chi connectivity index (χ1v) is 11.2. The van der Waals surface area contributed by atoms with Crippen molar-refractivity contribution in [1.29, 1.82) is 0 Å². The summed E-state index contributed by atoms with van der Waals surface area (Å²) in [6.45, 7) is 1.78. The van der Waals surface area contributed by atoms with E-state index >= 15 is 0 Å². The quantitative estimate of drug-likeness (QED) is 0.713. The lowest BCUT2D eigenvalue weighted by atomic mass is 10.0. The van der Waals surface area contributed by atoms with Gasteiger partial charge < -0.3 is 4.57 Å². The Labute approximate surface area is 164 Å². The number of nitrogens with one attached hydrogen (secondary N) is 1. The molecule has 0 radical (unpaired) electrons. The zero-order chi connectivity index (χ0) is 20.2. The molecule has 0 bridgehead atoms. The fourth-order valence-corrected chi connectivity index (χ4v) is 4.22. The molecule has 0 atom stereocenters. The van der Waals surface area contributed by atoms with Gasteiger partial charge in [-0.3, -0.25) is 14.2 Å². The predicted molar refractivity (Wildman–Crippen MR) is 111 cm³/mol. The van der Waals surface area contributed by atoms with Gasteiger partial charge in [-0.05, 0) is 61.4 Å². The van der Waals surface area contributed by atoms with Gasteiger partial charge in [0.05, 0.1) is 11.9 Å². The van der Waals surface area contributed by atoms with E-state index in [4.69, 9.17) is 0 Å². The van der Waals surface area contributed by atoms with Crippen LogP contribution in [0.4, 0.5) is 5.69 Å². The first-order chi connectivity index (χ1) is 13.1. The molecule has 2 aromatic heterocycles. The monoisotopic (exact) mass is 400 g/mol. The number of anilines is 1. The van der Waals surface area contributed by atoms with Gasteiger partial charge in [0.1, 0.15) is 5.52 Å². The van der Waals surface area contributed by atoms with Gasteiger partial charge in [-0.1, -0.05) is 0 Å². The summed E-state index contributed by atoms with van der Waals surface area (Å²) in [5, 5.41) is 5.55. The standard InChI is InChI=1S/C20H24N4O3S/c1-12-7-15(11-23(2)20(12)25)14-9-16-18(8-13-5-6-13)24(3)21-19(16)17(10-14)22-28(4,26)27/h7,9-11,13,22H,5-6,8H2,1-4H3. The molecular weight excluding hydrogens is 376 g/mol. The van der Waals surface area contributed by atoms with Crippen molar-refractivity contribution in [2.45, 2.75) is 26.2 Å². The van der Waals surface area contributed by atoms with Crippen molar-refractivity contribution in [1.82, 2.24) is 14.3 Å². The van der Waals surface area contributed by atoms with Gasteiger partial charge in [0, 0.05) is 36.9 Å². The highest BCUT2D eigenvalue weighted by molar-refractivity contribution is 7.92. The molecule has 2 heterocycles. The van der Waals surface area contributed by atoms with E-state index in [2.05, 4.69) is 9.82 Å². The van der Waals surface area contributed by atoms with Crippen LogP contribution in [-0.4, -0.2) is 29.0 Å². The van der Waals surface area contributed by atoms with E-state index in [1.54, 1.807) is 30.8 Å². The number of sulfonamides is 1. The number of aryl methyl sites for hydroxylation is 3. The van der Waals surface area contributed by atoms with E-state index in [1.165, 1.54) is 12.8 Å². The van der Waals surface area contributed by atoms with E-state index in [1.807, 2.05) is 23.9 Å². The van der Waals surface area contributed by atoms with Gasteiger partial charge in [0.15, 0.2) is 0 Å². The zero-order valence-corrected chi connectivity index (χ0v) is 17.3. The summed E-state index contributed by atoms with van der Waals surface area (Å²) in [4.78, 5) is 12.1. The van der Waals surface area contributed by atoms with Gasteiger partial charge in [-0.15, -0.1) is 0 Å². The number of pyridine rings is 1. The van der Waals surface area contributed by atoms with Gasteiger partial charge in [-0.25, -0.2) is 8.42 Å². The van der Waals surface area contributed by atoms with Crippen LogP contribution >= 0.6 is 0 Å². The molecule has 1 aromatic carbocycles. The Kier molecular flexibility index (Phi) is 4.33. The van der Waals surface area contributed by atoms with Crippen LogP contribution in [0.3, 0.4) is 0 Å². The fourth-order valence-electron chi connectivity index (χ4n) is 3.66. The van der Waals surface area contributed by atoms with Crippen LogP contribution in [0.25, 0.3) is 22.0 Å². The Morgan fingerprint density at radius 2 is 1.89 bits per heavy atom. The Morgan fingerprint density at radius 3 is 2.50 bits per heavy atom. The minimum Gasteiger partial charge on any atom is -0.318 e. The van der Waals surface area contributed by atoms with Gasteiger partial charge >= 0.3 is 0 Å². The Bertz CT molecular complexity index is 1220. The second-order valence-corrected chi connectivity index (χ2v) is 9.59. The van der Waals surface area contributed by atoms with E-state index < -0.39 is 10.0 Å². The molecule has 0 unspecified atom stereocenters. The largest absolute Gasteiger partial charge is 0.318 e. The lowest BCUT2D eigenvalue weighted by Crippen LogP contribution is -2.18. The lowest BCUT2D eigenvalue weighted by Gasteiger charge is -2.11. The molecule has 0 aliphatic heterocycles. The van der Waals surface area contributed by atoms with Crippen molar-refractivity contribution in [2.75, 3.05) is 11.0 Å². The average Bonchev–Trinajstić information content (AvgIpc) is 3.35. The fraction of sp³-hybridized carbons (Fsp3) is 0.400. The molecule has 8 heteroatoms. The van der Waals surface area contributed by atoms with Crippen LogP contribution in [0.5, 0.6) is 0 Å². The molecule has 3 aromatic rings. The smallest absolute Gasteiger partial charge is 0.253 e. The Hall–Kier alpha value is -2.61. The molecule has 4 rings (SSSR count). The number of hydrogen-bond acceptors (Lipinski definition) is 4. The van der Waals surface area contributed by atoms with Crippen LogP contribution in [0.2, 0.25) is 0 Å². The maximum absolute atomic E-state index is 12.1. The highest BCUT2D eigenvalue weighted by atomic mass is 32.2. The van der Waals surface area contributed by atoms with Crippen molar-refractivity contribution in [3.8, 4) is 11.1 Å². The average molecular weight is 401 g/mol.